The van der Waals surface area contributed by atoms with Gasteiger partial charge in [0, 0.05) is 23.6 Å². The standard InChI is InChI=1S/C15H14ClNO3/c1-10-3-2-4-13(15(10)16)14(18)9-11-5-7-12(8-6-11)17(19)20/h2-8,14,18H,9H2,1H3. The summed E-state index contributed by atoms with van der Waals surface area (Å²) in [6.07, 6.45) is -0.370. The fourth-order valence-corrected chi connectivity index (χ4v) is 2.27. The van der Waals surface area contributed by atoms with Gasteiger partial charge >= 0.3 is 0 Å². The van der Waals surface area contributed by atoms with Gasteiger partial charge in [0.15, 0.2) is 0 Å². The van der Waals surface area contributed by atoms with Gasteiger partial charge in [-0.25, -0.2) is 0 Å². The van der Waals surface area contributed by atoms with E-state index in [-0.39, 0.29) is 5.69 Å². The molecule has 0 aromatic heterocycles. The van der Waals surface area contributed by atoms with Gasteiger partial charge < -0.3 is 5.11 Å². The number of aliphatic hydroxyl groups is 1. The van der Waals surface area contributed by atoms with Crippen LogP contribution in [0.3, 0.4) is 0 Å². The molecule has 0 saturated carbocycles. The van der Waals surface area contributed by atoms with Crippen molar-refractivity contribution in [1.82, 2.24) is 0 Å². The molecule has 0 amide bonds. The molecule has 0 aliphatic rings. The van der Waals surface area contributed by atoms with Crippen LogP contribution in [0.4, 0.5) is 5.69 Å². The van der Waals surface area contributed by atoms with Crippen LogP contribution in [0.25, 0.3) is 0 Å². The maximum Gasteiger partial charge on any atom is 0.269 e. The Labute approximate surface area is 121 Å². The summed E-state index contributed by atoms with van der Waals surface area (Å²) in [4.78, 5) is 10.1. The van der Waals surface area contributed by atoms with E-state index in [2.05, 4.69) is 0 Å². The van der Waals surface area contributed by atoms with Gasteiger partial charge in [0.2, 0.25) is 0 Å². The maximum atomic E-state index is 10.6. The molecule has 1 atom stereocenters. The van der Waals surface area contributed by atoms with E-state index in [1.54, 1.807) is 18.2 Å². The van der Waals surface area contributed by atoms with E-state index < -0.39 is 11.0 Å². The fraction of sp³-hybridized carbons (Fsp3) is 0.200. The van der Waals surface area contributed by atoms with Crippen LogP contribution in [0.5, 0.6) is 0 Å². The van der Waals surface area contributed by atoms with E-state index in [4.69, 9.17) is 11.6 Å². The molecular formula is C15H14ClNO3. The Morgan fingerprint density at radius 2 is 1.90 bits per heavy atom. The minimum Gasteiger partial charge on any atom is -0.388 e. The number of halogens is 1. The summed E-state index contributed by atoms with van der Waals surface area (Å²) < 4.78 is 0. The zero-order valence-corrected chi connectivity index (χ0v) is 11.7. The van der Waals surface area contributed by atoms with Crippen LogP contribution < -0.4 is 0 Å². The molecule has 5 heteroatoms. The smallest absolute Gasteiger partial charge is 0.269 e. The van der Waals surface area contributed by atoms with Crippen LogP contribution in [-0.2, 0) is 6.42 Å². The zero-order valence-electron chi connectivity index (χ0n) is 10.9. The third-order valence-corrected chi connectivity index (χ3v) is 3.67. The molecule has 1 unspecified atom stereocenters. The average molecular weight is 292 g/mol. The molecule has 0 aliphatic heterocycles. The molecule has 0 aliphatic carbocycles. The second-order valence-electron chi connectivity index (χ2n) is 4.62. The summed E-state index contributed by atoms with van der Waals surface area (Å²) in [6.45, 7) is 1.88. The molecule has 20 heavy (non-hydrogen) atoms. The highest BCUT2D eigenvalue weighted by molar-refractivity contribution is 6.32. The number of aryl methyl sites for hydroxylation is 1. The maximum absolute atomic E-state index is 10.6. The van der Waals surface area contributed by atoms with Gasteiger partial charge in [0.05, 0.1) is 11.0 Å². The minimum atomic E-state index is -0.733. The summed E-state index contributed by atoms with van der Waals surface area (Å²) in [6, 6.07) is 11.7. The monoisotopic (exact) mass is 291 g/mol. The Morgan fingerprint density at radius 3 is 2.50 bits per heavy atom. The van der Waals surface area contributed by atoms with Crippen LogP contribution in [0.1, 0.15) is 22.8 Å². The summed E-state index contributed by atoms with van der Waals surface area (Å²) in [5, 5.41) is 21.4. The van der Waals surface area contributed by atoms with Crippen molar-refractivity contribution in [2.45, 2.75) is 19.4 Å². The molecule has 0 spiro atoms. The second kappa shape index (κ2) is 6.03. The number of nitrogens with zero attached hydrogens (tertiary/aromatic N) is 1. The van der Waals surface area contributed by atoms with Crippen molar-refractivity contribution in [3.8, 4) is 0 Å². The lowest BCUT2D eigenvalue weighted by Gasteiger charge is -2.14. The molecule has 2 rings (SSSR count). The molecule has 2 aromatic carbocycles. The molecule has 0 fully saturated rings. The van der Waals surface area contributed by atoms with Crippen molar-refractivity contribution in [3.05, 3.63) is 74.3 Å². The first kappa shape index (κ1) is 14.5. The summed E-state index contributed by atoms with van der Waals surface area (Å²) in [7, 11) is 0. The lowest BCUT2D eigenvalue weighted by atomic mass is 10.00. The first-order valence-electron chi connectivity index (χ1n) is 6.15. The Bertz CT molecular complexity index is 626. The predicted octanol–water partition coefficient (Wildman–Crippen LogP) is 3.83. The number of hydrogen-bond acceptors (Lipinski definition) is 3. The van der Waals surface area contributed by atoms with Gasteiger partial charge in [-0.05, 0) is 23.6 Å². The van der Waals surface area contributed by atoms with Crippen LogP contribution in [0.15, 0.2) is 42.5 Å². The second-order valence-corrected chi connectivity index (χ2v) is 5.00. The summed E-state index contributed by atoms with van der Waals surface area (Å²) in [5.41, 5.74) is 2.44. The van der Waals surface area contributed by atoms with E-state index in [0.29, 0.717) is 17.0 Å². The molecule has 1 N–H and O–H groups in total. The molecule has 0 bridgehead atoms. The lowest BCUT2D eigenvalue weighted by Crippen LogP contribution is -2.03. The average Bonchev–Trinajstić information content (AvgIpc) is 2.42. The largest absolute Gasteiger partial charge is 0.388 e. The third-order valence-electron chi connectivity index (χ3n) is 3.16. The van der Waals surface area contributed by atoms with Gasteiger partial charge in [-0.1, -0.05) is 41.9 Å². The molecule has 104 valence electrons. The first-order valence-corrected chi connectivity index (χ1v) is 6.53. The number of benzene rings is 2. The van der Waals surface area contributed by atoms with Crippen molar-refractivity contribution >= 4 is 17.3 Å². The predicted molar refractivity (Wildman–Crippen MR) is 77.9 cm³/mol. The Morgan fingerprint density at radius 1 is 1.25 bits per heavy atom. The Kier molecular flexibility index (Phi) is 4.37. The van der Waals surface area contributed by atoms with Gasteiger partial charge in [0.1, 0.15) is 0 Å². The molecule has 0 radical (unpaired) electrons. The topological polar surface area (TPSA) is 63.4 Å². The number of non-ortho nitro benzene ring substituents is 1. The fourth-order valence-electron chi connectivity index (χ4n) is 2.01. The first-order chi connectivity index (χ1) is 9.49. The van der Waals surface area contributed by atoms with Gasteiger partial charge in [-0.15, -0.1) is 0 Å². The zero-order chi connectivity index (χ0) is 14.7. The van der Waals surface area contributed by atoms with Crippen molar-refractivity contribution in [2.24, 2.45) is 0 Å². The summed E-state index contributed by atoms with van der Waals surface area (Å²) >= 11 is 6.17. The van der Waals surface area contributed by atoms with E-state index in [1.165, 1.54) is 12.1 Å². The van der Waals surface area contributed by atoms with Crippen LogP contribution in [0, 0.1) is 17.0 Å². The van der Waals surface area contributed by atoms with Crippen molar-refractivity contribution in [1.29, 1.82) is 0 Å². The van der Waals surface area contributed by atoms with E-state index in [0.717, 1.165) is 11.1 Å². The lowest BCUT2D eigenvalue weighted by molar-refractivity contribution is -0.384. The number of hydrogen-bond donors (Lipinski definition) is 1. The van der Waals surface area contributed by atoms with Crippen LogP contribution in [0.2, 0.25) is 5.02 Å². The number of nitro benzene ring substituents is 1. The number of nitro groups is 1. The SMILES string of the molecule is Cc1cccc(C(O)Cc2ccc([N+](=O)[O-])cc2)c1Cl. The van der Waals surface area contributed by atoms with E-state index in [9.17, 15) is 15.2 Å². The number of rotatable bonds is 4. The summed E-state index contributed by atoms with van der Waals surface area (Å²) in [5.74, 6) is 0. The van der Waals surface area contributed by atoms with Gasteiger partial charge in [-0.2, -0.15) is 0 Å². The molecular weight excluding hydrogens is 278 g/mol. The number of aliphatic hydroxyl groups excluding tert-OH is 1. The molecule has 4 nitrogen and oxygen atoms in total. The van der Waals surface area contributed by atoms with Crippen molar-refractivity contribution in [2.75, 3.05) is 0 Å². The highest BCUT2D eigenvalue weighted by atomic mass is 35.5. The van der Waals surface area contributed by atoms with Crippen LogP contribution >= 0.6 is 11.6 Å². The normalized spacial score (nSPS) is 12.2. The quantitative estimate of drug-likeness (QED) is 0.688. The van der Waals surface area contributed by atoms with Gasteiger partial charge in [0.25, 0.3) is 5.69 Å². The molecule has 0 saturated heterocycles. The highest BCUT2D eigenvalue weighted by Gasteiger charge is 2.14. The minimum absolute atomic E-state index is 0.0387. The van der Waals surface area contributed by atoms with Crippen molar-refractivity contribution in [3.63, 3.8) is 0 Å². The Balaban J connectivity index is 2.17. The Hall–Kier alpha value is -1.91. The van der Waals surface area contributed by atoms with Crippen LogP contribution in [-0.4, -0.2) is 10.0 Å². The molecule has 0 heterocycles. The van der Waals surface area contributed by atoms with Crippen molar-refractivity contribution < 1.29 is 10.0 Å². The molecule has 2 aromatic rings. The highest BCUT2D eigenvalue weighted by Crippen LogP contribution is 2.28. The van der Waals surface area contributed by atoms with E-state index >= 15 is 0 Å². The van der Waals surface area contributed by atoms with E-state index in [1.807, 2.05) is 19.1 Å². The van der Waals surface area contributed by atoms with Gasteiger partial charge in [-0.3, -0.25) is 10.1 Å². The third kappa shape index (κ3) is 3.15.